The molecule has 0 spiro atoms. The van der Waals surface area contributed by atoms with Crippen molar-refractivity contribution in [2.45, 2.75) is 25.8 Å². The van der Waals surface area contributed by atoms with Gasteiger partial charge in [-0.2, -0.15) is 0 Å². The highest BCUT2D eigenvalue weighted by Gasteiger charge is 2.24. The second-order valence-corrected chi connectivity index (χ2v) is 5.00. The van der Waals surface area contributed by atoms with Crippen molar-refractivity contribution in [3.63, 3.8) is 0 Å². The van der Waals surface area contributed by atoms with Crippen LogP contribution < -0.4 is 0 Å². The Morgan fingerprint density at radius 1 is 1.28 bits per heavy atom. The number of aliphatic hydroxyl groups excluding tert-OH is 1. The Labute approximate surface area is 108 Å². The van der Waals surface area contributed by atoms with Crippen LogP contribution in [0.3, 0.4) is 0 Å². The second-order valence-electron chi connectivity index (χ2n) is 5.00. The zero-order valence-corrected chi connectivity index (χ0v) is 10.7. The van der Waals surface area contributed by atoms with Gasteiger partial charge >= 0.3 is 0 Å². The summed E-state index contributed by atoms with van der Waals surface area (Å²) >= 11 is 0. The minimum Gasteiger partial charge on any atom is -0.396 e. The number of Topliss-reactive ketones (excluding diaryl/α,β-unsaturated/α-hetero) is 1. The fourth-order valence-electron chi connectivity index (χ4n) is 2.58. The molecule has 1 saturated heterocycles. The molecule has 3 heteroatoms. The molecule has 98 valence electrons. The van der Waals surface area contributed by atoms with Crippen LogP contribution in [-0.2, 0) is 11.3 Å². The number of carbonyl (C=O) groups is 1. The maximum Gasteiger partial charge on any atom is 0.137 e. The van der Waals surface area contributed by atoms with Crippen LogP contribution in [0.2, 0.25) is 0 Å². The van der Waals surface area contributed by atoms with Gasteiger partial charge in [-0.05, 0) is 24.9 Å². The summed E-state index contributed by atoms with van der Waals surface area (Å²) in [4.78, 5) is 14.2. The maximum absolute atomic E-state index is 11.9. The third kappa shape index (κ3) is 3.65. The van der Waals surface area contributed by atoms with Gasteiger partial charge in [-0.3, -0.25) is 9.69 Å². The molecule has 1 heterocycles. The molecule has 1 aliphatic rings. The van der Waals surface area contributed by atoms with Crippen LogP contribution in [0.25, 0.3) is 0 Å². The largest absolute Gasteiger partial charge is 0.396 e. The molecule has 0 amide bonds. The standard InChI is InChI=1S/C15H21NO2/c17-10-8-14-12-16(9-4-7-15(14)18)11-13-5-2-1-3-6-13/h1-3,5-6,14,17H,4,7-12H2. The Balaban J connectivity index is 1.97. The smallest absolute Gasteiger partial charge is 0.137 e. The predicted octanol–water partition coefficient (Wildman–Crippen LogP) is 1.85. The van der Waals surface area contributed by atoms with Crippen LogP contribution in [-0.4, -0.2) is 35.5 Å². The van der Waals surface area contributed by atoms with Gasteiger partial charge in [-0.25, -0.2) is 0 Å². The molecular weight excluding hydrogens is 226 g/mol. The molecule has 18 heavy (non-hydrogen) atoms. The molecule has 0 saturated carbocycles. The lowest BCUT2D eigenvalue weighted by Gasteiger charge is -2.23. The number of nitrogens with zero attached hydrogens (tertiary/aromatic N) is 1. The van der Waals surface area contributed by atoms with E-state index >= 15 is 0 Å². The summed E-state index contributed by atoms with van der Waals surface area (Å²) in [6.07, 6.45) is 2.20. The Bertz CT molecular complexity index is 377. The Morgan fingerprint density at radius 3 is 2.78 bits per heavy atom. The van der Waals surface area contributed by atoms with Gasteiger partial charge in [0.25, 0.3) is 0 Å². The molecule has 0 aliphatic carbocycles. The summed E-state index contributed by atoms with van der Waals surface area (Å²) in [6, 6.07) is 10.3. The van der Waals surface area contributed by atoms with E-state index in [2.05, 4.69) is 17.0 Å². The first kappa shape index (κ1) is 13.2. The topological polar surface area (TPSA) is 40.5 Å². The average Bonchev–Trinajstić information content (AvgIpc) is 2.54. The van der Waals surface area contributed by atoms with Gasteiger partial charge in [0.2, 0.25) is 0 Å². The Morgan fingerprint density at radius 2 is 2.06 bits per heavy atom. The SMILES string of the molecule is O=C1CCCN(Cc2ccccc2)CC1CCO. The molecule has 1 N–H and O–H groups in total. The van der Waals surface area contributed by atoms with Crippen LogP contribution >= 0.6 is 0 Å². The molecule has 0 radical (unpaired) electrons. The van der Waals surface area contributed by atoms with E-state index in [1.807, 2.05) is 18.2 Å². The number of ketones is 1. The van der Waals surface area contributed by atoms with Crippen molar-refractivity contribution in [2.75, 3.05) is 19.7 Å². The van der Waals surface area contributed by atoms with Gasteiger partial charge in [0.1, 0.15) is 5.78 Å². The van der Waals surface area contributed by atoms with Crippen molar-refractivity contribution in [3.05, 3.63) is 35.9 Å². The zero-order chi connectivity index (χ0) is 12.8. The number of hydrogen-bond acceptors (Lipinski definition) is 3. The summed E-state index contributed by atoms with van der Waals surface area (Å²) in [5.41, 5.74) is 1.29. The molecule has 1 aliphatic heterocycles. The molecule has 1 fully saturated rings. The molecule has 1 atom stereocenters. The van der Waals surface area contributed by atoms with Crippen molar-refractivity contribution in [3.8, 4) is 0 Å². The minimum atomic E-state index is 0.0150. The lowest BCUT2D eigenvalue weighted by Crippen LogP contribution is -2.30. The van der Waals surface area contributed by atoms with E-state index < -0.39 is 0 Å². The van der Waals surface area contributed by atoms with E-state index in [0.29, 0.717) is 18.6 Å². The molecule has 1 aromatic rings. The monoisotopic (exact) mass is 247 g/mol. The first-order valence-electron chi connectivity index (χ1n) is 6.69. The summed E-state index contributed by atoms with van der Waals surface area (Å²) in [5, 5.41) is 9.03. The van der Waals surface area contributed by atoms with E-state index in [-0.39, 0.29) is 12.5 Å². The maximum atomic E-state index is 11.9. The molecular formula is C15H21NO2. The number of hydrogen-bond donors (Lipinski definition) is 1. The third-order valence-electron chi connectivity index (χ3n) is 3.56. The lowest BCUT2D eigenvalue weighted by molar-refractivity contribution is -0.123. The molecule has 0 aromatic heterocycles. The first-order valence-corrected chi connectivity index (χ1v) is 6.69. The van der Waals surface area contributed by atoms with Crippen molar-refractivity contribution < 1.29 is 9.90 Å². The van der Waals surface area contributed by atoms with Gasteiger partial charge in [0.05, 0.1) is 0 Å². The third-order valence-corrected chi connectivity index (χ3v) is 3.56. The number of rotatable bonds is 4. The van der Waals surface area contributed by atoms with Gasteiger partial charge in [0.15, 0.2) is 0 Å². The van der Waals surface area contributed by atoms with E-state index in [0.717, 1.165) is 26.1 Å². The fourth-order valence-corrected chi connectivity index (χ4v) is 2.58. The molecule has 1 aromatic carbocycles. The summed E-state index contributed by atoms with van der Waals surface area (Å²) in [5.74, 6) is 0.334. The molecule has 2 rings (SSSR count). The Kier molecular flexibility index (Phi) is 4.90. The van der Waals surface area contributed by atoms with Crippen LogP contribution in [0, 0.1) is 5.92 Å². The summed E-state index contributed by atoms with van der Waals surface area (Å²) < 4.78 is 0. The van der Waals surface area contributed by atoms with Crippen molar-refractivity contribution in [2.24, 2.45) is 5.92 Å². The Hall–Kier alpha value is -1.19. The lowest BCUT2D eigenvalue weighted by atomic mass is 9.98. The molecule has 1 unspecified atom stereocenters. The molecule has 3 nitrogen and oxygen atoms in total. The van der Waals surface area contributed by atoms with Crippen LogP contribution in [0.5, 0.6) is 0 Å². The minimum absolute atomic E-state index is 0.0150. The summed E-state index contributed by atoms with van der Waals surface area (Å²) in [6.45, 7) is 2.77. The van der Waals surface area contributed by atoms with E-state index in [9.17, 15) is 4.79 Å². The predicted molar refractivity (Wildman–Crippen MR) is 71.2 cm³/mol. The highest BCUT2D eigenvalue weighted by atomic mass is 16.3. The van der Waals surface area contributed by atoms with E-state index in [4.69, 9.17) is 5.11 Å². The number of benzene rings is 1. The number of carbonyl (C=O) groups excluding carboxylic acids is 1. The quantitative estimate of drug-likeness (QED) is 0.882. The average molecular weight is 247 g/mol. The van der Waals surface area contributed by atoms with Crippen molar-refractivity contribution in [1.29, 1.82) is 0 Å². The van der Waals surface area contributed by atoms with Crippen LogP contribution in [0.15, 0.2) is 30.3 Å². The highest BCUT2D eigenvalue weighted by molar-refractivity contribution is 5.81. The van der Waals surface area contributed by atoms with Gasteiger partial charge < -0.3 is 5.11 Å². The van der Waals surface area contributed by atoms with Crippen LogP contribution in [0.4, 0.5) is 0 Å². The van der Waals surface area contributed by atoms with Gasteiger partial charge in [-0.15, -0.1) is 0 Å². The van der Waals surface area contributed by atoms with E-state index in [1.54, 1.807) is 0 Å². The van der Waals surface area contributed by atoms with Crippen LogP contribution in [0.1, 0.15) is 24.8 Å². The second kappa shape index (κ2) is 6.66. The zero-order valence-electron chi connectivity index (χ0n) is 10.7. The number of aliphatic hydroxyl groups is 1. The number of likely N-dealkylation sites (tertiary alicyclic amines) is 1. The fraction of sp³-hybridized carbons (Fsp3) is 0.533. The summed E-state index contributed by atoms with van der Waals surface area (Å²) in [7, 11) is 0. The van der Waals surface area contributed by atoms with Gasteiger partial charge in [-0.1, -0.05) is 30.3 Å². The van der Waals surface area contributed by atoms with Crippen molar-refractivity contribution >= 4 is 5.78 Å². The highest BCUT2D eigenvalue weighted by Crippen LogP contribution is 2.18. The van der Waals surface area contributed by atoms with Crippen molar-refractivity contribution in [1.82, 2.24) is 4.90 Å². The van der Waals surface area contributed by atoms with E-state index in [1.165, 1.54) is 5.56 Å². The first-order chi connectivity index (χ1) is 8.79. The van der Waals surface area contributed by atoms with Gasteiger partial charge in [0, 0.05) is 32.0 Å². The molecule has 0 bridgehead atoms. The normalized spacial score (nSPS) is 21.8.